The number of hydrogen-bond donors (Lipinski definition) is 4. The molecule has 8 nitrogen and oxygen atoms in total. The fraction of sp³-hybridized carbons (Fsp3) is 0.458. The third-order valence-corrected chi connectivity index (χ3v) is 6.53. The summed E-state index contributed by atoms with van der Waals surface area (Å²) in [5, 5.41) is 24.4. The fourth-order valence-electron chi connectivity index (χ4n) is 4.62. The van der Waals surface area contributed by atoms with Crippen molar-refractivity contribution in [2.75, 3.05) is 18.4 Å². The van der Waals surface area contributed by atoms with Crippen molar-refractivity contribution < 1.29 is 9.90 Å². The van der Waals surface area contributed by atoms with E-state index in [2.05, 4.69) is 20.9 Å². The maximum atomic E-state index is 12.5. The van der Waals surface area contributed by atoms with E-state index in [-0.39, 0.29) is 12.0 Å². The number of aromatic nitrogens is 3. The molecular weight excluding hydrogens is 404 g/mol. The van der Waals surface area contributed by atoms with Gasteiger partial charge in [-0.05, 0) is 69.3 Å². The molecule has 0 bridgehead atoms. The van der Waals surface area contributed by atoms with Crippen LogP contribution in [0.4, 0.5) is 5.82 Å². The Morgan fingerprint density at radius 3 is 2.66 bits per heavy atom. The van der Waals surface area contributed by atoms with Crippen LogP contribution in [0.25, 0.3) is 16.9 Å². The van der Waals surface area contributed by atoms with Crippen LogP contribution in [0.5, 0.6) is 0 Å². The first-order chi connectivity index (χ1) is 15.7. The molecule has 1 amide bonds. The van der Waals surface area contributed by atoms with Gasteiger partial charge in [0.1, 0.15) is 5.82 Å². The van der Waals surface area contributed by atoms with Crippen molar-refractivity contribution in [3.8, 4) is 11.3 Å². The van der Waals surface area contributed by atoms with Gasteiger partial charge in [0.05, 0.1) is 18.0 Å². The number of nitrogens with zero attached hydrogens (tertiary/aromatic N) is 3. The third-order valence-electron chi connectivity index (χ3n) is 6.53. The molecule has 1 saturated heterocycles. The van der Waals surface area contributed by atoms with E-state index in [1.54, 1.807) is 0 Å². The predicted molar refractivity (Wildman–Crippen MR) is 124 cm³/mol. The van der Waals surface area contributed by atoms with Crippen LogP contribution in [0.1, 0.15) is 48.9 Å². The summed E-state index contributed by atoms with van der Waals surface area (Å²) >= 11 is 0. The van der Waals surface area contributed by atoms with E-state index in [0.717, 1.165) is 61.4 Å². The van der Waals surface area contributed by atoms with Gasteiger partial charge in [-0.2, -0.15) is 0 Å². The second-order valence-electron chi connectivity index (χ2n) is 8.86. The highest BCUT2D eigenvalue weighted by atomic mass is 16.3. The molecule has 0 spiro atoms. The van der Waals surface area contributed by atoms with Gasteiger partial charge in [0.15, 0.2) is 5.65 Å². The number of aliphatic hydroxyl groups excluding tert-OH is 1. The van der Waals surface area contributed by atoms with E-state index in [1.165, 1.54) is 6.42 Å². The van der Waals surface area contributed by atoms with Gasteiger partial charge in [-0.15, -0.1) is 5.10 Å². The van der Waals surface area contributed by atoms with Crippen LogP contribution in [0.15, 0.2) is 42.6 Å². The number of fused-ring (bicyclic) bond motifs is 1. The standard InChI is InChI=1S/C24H30N6O2/c31-20-9-7-18(8-10-20)28-22-11-12-23-26-15-21(30(23)29-22)16-3-5-17(6-4-16)24(32)27-14-19-2-1-13-25-19/h3-6,11-12,15,18-20,25,31H,1-2,7-10,13-14H2,(H,27,32)(H,28,29)/t18?,19-,20?/m0/s1. The Balaban J connectivity index is 1.28. The van der Waals surface area contributed by atoms with Crippen molar-refractivity contribution in [2.24, 2.45) is 0 Å². The van der Waals surface area contributed by atoms with E-state index in [9.17, 15) is 9.90 Å². The van der Waals surface area contributed by atoms with Gasteiger partial charge >= 0.3 is 0 Å². The highest BCUT2D eigenvalue weighted by molar-refractivity contribution is 5.94. The molecule has 4 N–H and O–H groups in total. The summed E-state index contributed by atoms with van der Waals surface area (Å²) in [6, 6.07) is 12.2. The van der Waals surface area contributed by atoms with Gasteiger partial charge in [0.25, 0.3) is 5.91 Å². The minimum absolute atomic E-state index is 0.0504. The molecule has 32 heavy (non-hydrogen) atoms. The molecule has 0 radical (unpaired) electrons. The number of carbonyl (C=O) groups is 1. The minimum Gasteiger partial charge on any atom is -0.393 e. The average Bonchev–Trinajstić information content (AvgIpc) is 3.49. The zero-order valence-electron chi connectivity index (χ0n) is 18.1. The number of imidazole rings is 1. The molecule has 168 valence electrons. The second-order valence-corrected chi connectivity index (χ2v) is 8.86. The van der Waals surface area contributed by atoms with Crippen LogP contribution in [0.2, 0.25) is 0 Å². The second kappa shape index (κ2) is 9.26. The molecule has 2 aromatic heterocycles. The Labute approximate surface area is 187 Å². The summed E-state index contributed by atoms with van der Waals surface area (Å²) in [6.07, 6.45) is 7.46. The number of carbonyl (C=O) groups excluding carboxylic acids is 1. The lowest BCUT2D eigenvalue weighted by Gasteiger charge is -2.26. The summed E-state index contributed by atoms with van der Waals surface area (Å²) in [5.74, 6) is 0.750. The molecule has 2 fully saturated rings. The lowest BCUT2D eigenvalue weighted by molar-refractivity contribution is 0.0950. The smallest absolute Gasteiger partial charge is 0.251 e. The van der Waals surface area contributed by atoms with Gasteiger partial charge in [-0.3, -0.25) is 4.79 Å². The number of nitrogens with one attached hydrogen (secondary N) is 3. The van der Waals surface area contributed by atoms with Gasteiger partial charge in [-0.25, -0.2) is 9.50 Å². The summed E-state index contributed by atoms with van der Waals surface area (Å²) in [4.78, 5) is 17.0. The SMILES string of the molecule is O=C(NC[C@@H]1CCCN1)c1ccc(-c2cnc3ccc(NC4CCC(O)CC4)nn23)cc1. The van der Waals surface area contributed by atoms with E-state index in [4.69, 9.17) is 5.10 Å². The Hall–Kier alpha value is -2.97. The van der Waals surface area contributed by atoms with E-state index in [1.807, 2.05) is 47.1 Å². The Morgan fingerprint density at radius 2 is 1.91 bits per heavy atom. The first-order valence-corrected chi connectivity index (χ1v) is 11.6. The topological polar surface area (TPSA) is 104 Å². The monoisotopic (exact) mass is 434 g/mol. The van der Waals surface area contributed by atoms with Gasteiger partial charge < -0.3 is 21.1 Å². The zero-order chi connectivity index (χ0) is 21.9. The quantitative estimate of drug-likeness (QED) is 0.476. The number of aliphatic hydroxyl groups is 1. The van der Waals surface area contributed by atoms with Gasteiger partial charge in [0, 0.05) is 29.8 Å². The lowest BCUT2D eigenvalue weighted by Crippen LogP contribution is -2.37. The molecule has 1 aliphatic heterocycles. The molecule has 3 heterocycles. The number of amides is 1. The molecule has 1 saturated carbocycles. The summed E-state index contributed by atoms with van der Waals surface area (Å²) in [5.41, 5.74) is 3.26. The van der Waals surface area contributed by atoms with Crippen LogP contribution < -0.4 is 16.0 Å². The van der Waals surface area contributed by atoms with Crippen LogP contribution in [0, 0.1) is 0 Å². The van der Waals surface area contributed by atoms with Crippen LogP contribution in [-0.2, 0) is 0 Å². The Kier molecular flexibility index (Phi) is 6.05. The zero-order valence-corrected chi connectivity index (χ0v) is 18.1. The predicted octanol–water partition coefficient (Wildman–Crippen LogP) is 2.59. The van der Waals surface area contributed by atoms with Crippen LogP contribution >= 0.6 is 0 Å². The van der Waals surface area contributed by atoms with Crippen LogP contribution in [-0.4, -0.2) is 56.9 Å². The molecule has 1 aliphatic carbocycles. The number of anilines is 1. The molecule has 3 aromatic rings. The molecule has 0 unspecified atom stereocenters. The van der Waals surface area contributed by atoms with Crippen molar-refractivity contribution in [1.82, 2.24) is 25.2 Å². The molecule has 2 aliphatic rings. The molecule has 1 aromatic carbocycles. The molecule has 1 atom stereocenters. The summed E-state index contributed by atoms with van der Waals surface area (Å²) in [6.45, 7) is 1.69. The Morgan fingerprint density at radius 1 is 1.09 bits per heavy atom. The molecule has 5 rings (SSSR count). The van der Waals surface area contributed by atoms with E-state index < -0.39 is 0 Å². The van der Waals surface area contributed by atoms with Crippen molar-refractivity contribution >= 4 is 17.4 Å². The van der Waals surface area contributed by atoms with Crippen molar-refractivity contribution in [3.63, 3.8) is 0 Å². The van der Waals surface area contributed by atoms with Crippen LogP contribution in [0.3, 0.4) is 0 Å². The van der Waals surface area contributed by atoms with E-state index >= 15 is 0 Å². The maximum absolute atomic E-state index is 12.5. The van der Waals surface area contributed by atoms with Gasteiger partial charge in [-0.1, -0.05) is 12.1 Å². The maximum Gasteiger partial charge on any atom is 0.251 e. The first-order valence-electron chi connectivity index (χ1n) is 11.6. The summed E-state index contributed by atoms with van der Waals surface area (Å²) in [7, 11) is 0. The normalized spacial score (nSPS) is 23.3. The minimum atomic E-state index is -0.173. The van der Waals surface area contributed by atoms with E-state index in [0.29, 0.717) is 24.2 Å². The molecular formula is C24H30N6O2. The number of benzene rings is 1. The summed E-state index contributed by atoms with van der Waals surface area (Å²) < 4.78 is 1.83. The lowest BCUT2D eigenvalue weighted by atomic mass is 9.93. The Bertz CT molecular complexity index is 1070. The molecule has 8 heteroatoms. The highest BCUT2D eigenvalue weighted by Crippen LogP contribution is 2.24. The number of hydrogen-bond acceptors (Lipinski definition) is 6. The average molecular weight is 435 g/mol. The largest absolute Gasteiger partial charge is 0.393 e. The van der Waals surface area contributed by atoms with Crippen molar-refractivity contribution in [1.29, 1.82) is 0 Å². The van der Waals surface area contributed by atoms with Crippen molar-refractivity contribution in [3.05, 3.63) is 48.2 Å². The van der Waals surface area contributed by atoms with Gasteiger partial charge in [0.2, 0.25) is 0 Å². The fourth-order valence-corrected chi connectivity index (χ4v) is 4.62. The first kappa shape index (κ1) is 20.9. The number of rotatable bonds is 6. The van der Waals surface area contributed by atoms with Crippen molar-refractivity contribution in [2.45, 2.75) is 56.7 Å². The highest BCUT2D eigenvalue weighted by Gasteiger charge is 2.20. The third kappa shape index (κ3) is 4.61.